The molecule has 0 aliphatic rings. The number of aryl methyl sites for hydroxylation is 1. The number of hydrazone groups is 1. The first-order valence-corrected chi connectivity index (χ1v) is 10.7. The van der Waals surface area contributed by atoms with Crippen LogP contribution in [0.25, 0.3) is 27.4 Å². The van der Waals surface area contributed by atoms with Gasteiger partial charge in [0, 0.05) is 28.0 Å². The zero-order valence-corrected chi connectivity index (χ0v) is 18.6. The number of nitrogens with zero attached hydrogens (tertiary/aromatic N) is 2. The Hall–Kier alpha value is -4.65. The van der Waals surface area contributed by atoms with Gasteiger partial charge >= 0.3 is 11.9 Å². The lowest BCUT2D eigenvalue weighted by Crippen LogP contribution is -2.16. The van der Waals surface area contributed by atoms with Crippen LogP contribution in [0, 0.1) is 13.8 Å². The molecule has 0 radical (unpaired) electrons. The summed E-state index contributed by atoms with van der Waals surface area (Å²) < 4.78 is 7.68. The second-order valence-corrected chi connectivity index (χ2v) is 8.03. The normalized spacial score (nSPS) is 11.5. The number of nitrogens with one attached hydrogen (secondary N) is 1. The molecule has 5 aromatic rings. The van der Waals surface area contributed by atoms with Crippen LogP contribution in [0.15, 0.2) is 82.3 Å². The van der Waals surface area contributed by atoms with Gasteiger partial charge in [0.1, 0.15) is 5.58 Å². The van der Waals surface area contributed by atoms with Crippen molar-refractivity contribution in [2.24, 2.45) is 5.10 Å². The predicted molar refractivity (Wildman–Crippen MR) is 131 cm³/mol. The number of carbonyl (C=O) groups excluding carboxylic acids is 1. The van der Waals surface area contributed by atoms with Crippen molar-refractivity contribution in [2.45, 2.75) is 13.8 Å². The number of fused-ring (bicyclic) bond motifs is 3. The van der Waals surface area contributed by atoms with Crippen molar-refractivity contribution >= 4 is 39.8 Å². The summed E-state index contributed by atoms with van der Waals surface area (Å²) in [4.78, 5) is 24.0. The lowest BCUT2D eigenvalue weighted by Gasteiger charge is -2.10. The Kier molecular flexibility index (Phi) is 5.22. The van der Waals surface area contributed by atoms with Crippen molar-refractivity contribution < 1.29 is 19.1 Å². The predicted octanol–water partition coefficient (Wildman–Crippen LogP) is 5.46. The summed E-state index contributed by atoms with van der Waals surface area (Å²) in [5, 5.41) is 16.4. The first kappa shape index (κ1) is 21.2. The van der Waals surface area contributed by atoms with E-state index >= 15 is 0 Å². The Bertz CT molecular complexity index is 1610. The fourth-order valence-corrected chi connectivity index (χ4v) is 4.21. The van der Waals surface area contributed by atoms with Crippen LogP contribution in [0.3, 0.4) is 0 Å². The number of carboxylic acids is 1. The molecule has 0 bridgehead atoms. The van der Waals surface area contributed by atoms with Crippen molar-refractivity contribution in [3.8, 4) is 5.69 Å². The number of furan rings is 1. The second-order valence-electron chi connectivity index (χ2n) is 8.03. The van der Waals surface area contributed by atoms with E-state index in [-0.39, 0.29) is 11.3 Å². The zero-order chi connectivity index (χ0) is 23.8. The van der Waals surface area contributed by atoms with Crippen molar-refractivity contribution in [2.75, 3.05) is 0 Å². The molecular weight excluding hydrogens is 430 g/mol. The molecule has 3 aromatic carbocycles. The molecule has 7 heteroatoms. The minimum atomic E-state index is -0.979. The number of aromatic nitrogens is 1. The van der Waals surface area contributed by atoms with E-state index in [1.165, 1.54) is 0 Å². The maximum Gasteiger partial charge on any atom is 0.335 e. The minimum Gasteiger partial charge on any atom is -0.478 e. The average Bonchev–Trinajstić information content (AvgIpc) is 3.40. The third-order valence-corrected chi connectivity index (χ3v) is 5.84. The molecule has 168 valence electrons. The molecule has 2 heterocycles. The maximum absolute atomic E-state index is 12.6. The van der Waals surface area contributed by atoms with Gasteiger partial charge in [-0.3, -0.25) is 4.79 Å². The standard InChI is InChI=1S/C27H21N3O4/c1-16-12-20(17(2)30(16)21-8-5-7-19(13-21)27(32)33)15-28-29-26(31)25-14-23-22-9-4-3-6-18(22)10-11-24(23)34-25/h3-15H,1-2H3,(H,29,31)(H,32,33). The van der Waals surface area contributed by atoms with Crippen molar-refractivity contribution in [3.63, 3.8) is 0 Å². The van der Waals surface area contributed by atoms with Crippen LogP contribution < -0.4 is 5.43 Å². The number of aromatic carboxylic acids is 1. The van der Waals surface area contributed by atoms with Gasteiger partial charge < -0.3 is 14.1 Å². The van der Waals surface area contributed by atoms with E-state index in [0.717, 1.165) is 38.8 Å². The molecule has 0 fully saturated rings. The highest BCUT2D eigenvalue weighted by Gasteiger charge is 2.14. The maximum atomic E-state index is 12.6. The summed E-state index contributed by atoms with van der Waals surface area (Å²) in [5.74, 6) is -1.24. The third kappa shape index (κ3) is 3.73. The van der Waals surface area contributed by atoms with Crippen LogP contribution in [0.4, 0.5) is 0 Å². The Labute approximate surface area is 194 Å². The Morgan fingerprint density at radius 3 is 2.62 bits per heavy atom. The van der Waals surface area contributed by atoms with Gasteiger partial charge in [0.2, 0.25) is 0 Å². The van der Waals surface area contributed by atoms with E-state index in [9.17, 15) is 14.7 Å². The van der Waals surface area contributed by atoms with Crippen LogP contribution >= 0.6 is 0 Å². The SMILES string of the molecule is Cc1cc(C=NNC(=O)c2cc3c(ccc4ccccc43)o2)c(C)n1-c1cccc(C(=O)O)c1. The molecule has 1 amide bonds. The number of carbonyl (C=O) groups is 2. The van der Waals surface area contributed by atoms with E-state index in [2.05, 4.69) is 10.5 Å². The smallest absolute Gasteiger partial charge is 0.335 e. The van der Waals surface area contributed by atoms with Gasteiger partial charge in [-0.15, -0.1) is 0 Å². The van der Waals surface area contributed by atoms with E-state index < -0.39 is 11.9 Å². The average molecular weight is 451 g/mol. The first-order valence-electron chi connectivity index (χ1n) is 10.7. The molecule has 0 aliphatic heterocycles. The molecule has 2 aromatic heterocycles. The van der Waals surface area contributed by atoms with Gasteiger partial charge in [0.15, 0.2) is 5.76 Å². The number of hydrogen-bond acceptors (Lipinski definition) is 4. The van der Waals surface area contributed by atoms with E-state index in [4.69, 9.17) is 4.42 Å². The van der Waals surface area contributed by atoms with Gasteiger partial charge in [-0.2, -0.15) is 5.10 Å². The zero-order valence-electron chi connectivity index (χ0n) is 18.6. The molecular formula is C27H21N3O4. The summed E-state index contributed by atoms with van der Waals surface area (Å²) in [7, 11) is 0. The largest absolute Gasteiger partial charge is 0.478 e. The summed E-state index contributed by atoms with van der Waals surface area (Å²) in [6, 6.07) is 22.1. The summed E-state index contributed by atoms with van der Waals surface area (Å²) >= 11 is 0. The number of carboxylic acid groups (broad SMARTS) is 1. The lowest BCUT2D eigenvalue weighted by atomic mass is 10.1. The molecule has 0 spiro atoms. The molecule has 34 heavy (non-hydrogen) atoms. The van der Waals surface area contributed by atoms with Gasteiger partial charge in [-0.05, 0) is 61.0 Å². The first-order chi connectivity index (χ1) is 16.4. The van der Waals surface area contributed by atoms with Crippen LogP contribution in [0.5, 0.6) is 0 Å². The highest BCUT2D eigenvalue weighted by Crippen LogP contribution is 2.28. The highest BCUT2D eigenvalue weighted by molar-refractivity contribution is 6.08. The Balaban J connectivity index is 1.38. The van der Waals surface area contributed by atoms with Crippen LogP contribution in [0.2, 0.25) is 0 Å². The Morgan fingerprint density at radius 1 is 0.971 bits per heavy atom. The fourth-order valence-electron chi connectivity index (χ4n) is 4.21. The number of rotatable bonds is 5. The van der Waals surface area contributed by atoms with Crippen molar-refractivity contribution in [1.29, 1.82) is 0 Å². The molecule has 7 nitrogen and oxygen atoms in total. The van der Waals surface area contributed by atoms with Crippen molar-refractivity contribution in [3.05, 3.63) is 101 Å². The van der Waals surface area contributed by atoms with E-state index in [1.54, 1.807) is 30.5 Å². The number of amides is 1. The number of benzene rings is 3. The molecule has 5 rings (SSSR count). The molecule has 0 unspecified atom stereocenters. The van der Waals surface area contributed by atoms with Crippen LogP contribution in [-0.4, -0.2) is 27.8 Å². The summed E-state index contributed by atoms with van der Waals surface area (Å²) in [6.45, 7) is 3.84. The molecule has 2 N–H and O–H groups in total. The highest BCUT2D eigenvalue weighted by atomic mass is 16.4. The fraction of sp³-hybridized carbons (Fsp3) is 0.0741. The monoisotopic (exact) mass is 451 g/mol. The summed E-state index contributed by atoms with van der Waals surface area (Å²) in [5.41, 5.74) is 6.71. The minimum absolute atomic E-state index is 0.180. The van der Waals surface area contributed by atoms with Gasteiger partial charge in [0.25, 0.3) is 0 Å². The molecule has 0 saturated carbocycles. The lowest BCUT2D eigenvalue weighted by molar-refractivity contribution is 0.0696. The molecule has 0 saturated heterocycles. The number of hydrogen-bond donors (Lipinski definition) is 2. The van der Waals surface area contributed by atoms with Gasteiger partial charge in [-0.1, -0.05) is 36.4 Å². The summed E-state index contributed by atoms with van der Waals surface area (Å²) in [6.07, 6.45) is 1.57. The molecule has 0 aliphatic carbocycles. The van der Waals surface area contributed by atoms with Gasteiger partial charge in [0.05, 0.1) is 11.8 Å². The third-order valence-electron chi connectivity index (χ3n) is 5.84. The molecule has 0 atom stereocenters. The quantitative estimate of drug-likeness (QED) is 0.274. The van der Waals surface area contributed by atoms with Crippen molar-refractivity contribution in [1.82, 2.24) is 9.99 Å². The topological polar surface area (TPSA) is 96.8 Å². The van der Waals surface area contributed by atoms with Crippen LogP contribution in [0.1, 0.15) is 37.9 Å². The van der Waals surface area contributed by atoms with Crippen LogP contribution in [-0.2, 0) is 0 Å². The van der Waals surface area contributed by atoms with E-state index in [1.807, 2.05) is 66.9 Å². The van der Waals surface area contributed by atoms with E-state index in [0.29, 0.717) is 5.58 Å². The van der Waals surface area contributed by atoms with Gasteiger partial charge in [-0.25, -0.2) is 10.2 Å². The second kappa shape index (κ2) is 8.37. The Morgan fingerprint density at radius 2 is 1.79 bits per heavy atom.